The molecule has 6 nitrogen and oxygen atoms in total. The number of nitrogens with one attached hydrogen (secondary N) is 2. The number of rotatable bonds is 6. The maximum absolute atomic E-state index is 12.7. The van der Waals surface area contributed by atoms with E-state index in [0.29, 0.717) is 12.2 Å². The van der Waals surface area contributed by atoms with Crippen molar-refractivity contribution in [3.8, 4) is 10.6 Å². The number of aromatic amines is 1. The number of nitrogens with zero attached hydrogens (tertiary/aromatic N) is 2. The Morgan fingerprint density at radius 2 is 2.11 bits per heavy atom. The second-order valence-corrected chi connectivity index (χ2v) is 8.72. The molecule has 2 aromatic heterocycles. The van der Waals surface area contributed by atoms with Gasteiger partial charge in [-0.05, 0) is 56.3 Å². The van der Waals surface area contributed by atoms with Crippen LogP contribution in [-0.2, 0) is 4.74 Å². The Hall–Kier alpha value is -1.70. The van der Waals surface area contributed by atoms with Crippen LogP contribution >= 0.6 is 11.3 Å². The quantitative estimate of drug-likeness (QED) is 0.798. The van der Waals surface area contributed by atoms with Crippen LogP contribution in [0.4, 0.5) is 0 Å². The number of amides is 1. The number of hydrogen-bond acceptors (Lipinski definition) is 5. The van der Waals surface area contributed by atoms with Crippen molar-refractivity contribution in [3.05, 3.63) is 29.3 Å². The van der Waals surface area contributed by atoms with Crippen molar-refractivity contribution in [3.63, 3.8) is 0 Å². The van der Waals surface area contributed by atoms with Gasteiger partial charge in [-0.2, -0.15) is 5.10 Å². The topological polar surface area (TPSA) is 70.2 Å². The Balaban J connectivity index is 1.38. The molecule has 4 heterocycles. The van der Waals surface area contributed by atoms with Crippen LogP contribution in [0.2, 0.25) is 0 Å². The van der Waals surface area contributed by atoms with Gasteiger partial charge in [-0.3, -0.25) is 9.89 Å². The minimum atomic E-state index is -0.0985. The minimum Gasteiger partial charge on any atom is -0.381 e. The summed E-state index contributed by atoms with van der Waals surface area (Å²) >= 11 is 1.63. The summed E-state index contributed by atoms with van der Waals surface area (Å²) in [5.41, 5.74) is 1.46. The van der Waals surface area contributed by atoms with Crippen molar-refractivity contribution < 1.29 is 9.53 Å². The lowest BCUT2D eigenvalue weighted by atomic mass is 9.79. The summed E-state index contributed by atoms with van der Waals surface area (Å²) in [6, 6.07) is 5.86. The largest absolute Gasteiger partial charge is 0.381 e. The highest BCUT2D eigenvalue weighted by Gasteiger charge is 2.35. The van der Waals surface area contributed by atoms with Gasteiger partial charge in [0.25, 0.3) is 5.91 Å². The van der Waals surface area contributed by atoms with Gasteiger partial charge in [0, 0.05) is 31.7 Å². The van der Waals surface area contributed by atoms with E-state index in [-0.39, 0.29) is 11.3 Å². The number of carbonyl (C=O) groups is 1. The molecule has 0 atom stereocenters. The van der Waals surface area contributed by atoms with Crippen molar-refractivity contribution in [2.75, 3.05) is 39.4 Å². The summed E-state index contributed by atoms with van der Waals surface area (Å²) in [4.78, 5) is 16.3. The molecule has 4 rings (SSSR count). The monoisotopic (exact) mass is 388 g/mol. The number of aromatic nitrogens is 2. The number of hydrogen-bond donors (Lipinski definition) is 2. The second kappa shape index (κ2) is 8.54. The van der Waals surface area contributed by atoms with E-state index in [1.54, 1.807) is 11.3 Å². The lowest BCUT2D eigenvalue weighted by Crippen LogP contribution is -2.49. The summed E-state index contributed by atoms with van der Waals surface area (Å²) < 4.78 is 5.60. The highest BCUT2D eigenvalue weighted by Crippen LogP contribution is 2.32. The average molecular weight is 389 g/mol. The molecule has 7 heteroatoms. The molecule has 27 heavy (non-hydrogen) atoms. The van der Waals surface area contributed by atoms with E-state index in [0.717, 1.165) is 43.2 Å². The first kappa shape index (κ1) is 18.7. The van der Waals surface area contributed by atoms with Gasteiger partial charge >= 0.3 is 0 Å². The summed E-state index contributed by atoms with van der Waals surface area (Å²) in [6.45, 7) is 5.67. The molecule has 0 radical (unpaired) electrons. The molecule has 0 spiro atoms. The fourth-order valence-electron chi connectivity index (χ4n) is 4.14. The summed E-state index contributed by atoms with van der Waals surface area (Å²) in [5, 5.41) is 12.4. The van der Waals surface area contributed by atoms with E-state index in [1.165, 1.54) is 32.4 Å². The molecule has 1 amide bonds. The van der Waals surface area contributed by atoms with Gasteiger partial charge in [0.1, 0.15) is 0 Å². The molecule has 0 aromatic carbocycles. The molecule has 2 N–H and O–H groups in total. The van der Waals surface area contributed by atoms with Crippen molar-refractivity contribution >= 4 is 17.2 Å². The zero-order chi connectivity index (χ0) is 18.5. The number of H-pyrrole nitrogens is 1. The number of thiophene rings is 1. The zero-order valence-corrected chi connectivity index (χ0v) is 16.5. The normalized spacial score (nSPS) is 20.4. The number of piperidine rings is 1. The Morgan fingerprint density at radius 1 is 1.30 bits per heavy atom. The van der Waals surface area contributed by atoms with Crippen LogP contribution in [0, 0.1) is 5.41 Å². The third-order valence-corrected chi connectivity index (χ3v) is 6.69. The van der Waals surface area contributed by atoms with Crippen LogP contribution in [0.25, 0.3) is 10.6 Å². The van der Waals surface area contributed by atoms with Gasteiger partial charge in [-0.15, -0.1) is 11.3 Å². The van der Waals surface area contributed by atoms with Crippen molar-refractivity contribution in [1.29, 1.82) is 0 Å². The van der Waals surface area contributed by atoms with E-state index >= 15 is 0 Å². The van der Waals surface area contributed by atoms with Crippen LogP contribution in [-0.4, -0.2) is 60.4 Å². The average Bonchev–Trinajstić information content (AvgIpc) is 3.39. The molecule has 0 bridgehead atoms. The molecule has 2 aliphatic rings. The predicted octanol–water partition coefficient (Wildman–Crippen LogP) is 3.15. The van der Waals surface area contributed by atoms with Gasteiger partial charge in [0.2, 0.25) is 0 Å². The highest BCUT2D eigenvalue weighted by atomic mass is 32.1. The molecular formula is C20H28N4O2S. The SMILES string of the molecule is O=C(NCC1(CN2CCCCC2)CCOCC1)c1cc(-c2cccs2)[nH]n1. The molecule has 146 valence electrons. The first-order valence-electron chi connectivity index (χ1n) is 9.92. The first-order chi connectivity index (χ1) is 13.2. The molecule has 0 aliphatic carbocycles. The highest BCUT2D eigenvalue weighted by molar-refractivity contribution is 7.13. The summed E-state index contributed by atoms with van der Waals surface area (Å²) in [5.74, 6) is -0.0985. The summed E-state index contributed by atoms with van der Waals surface area (Å²) in [6.07, 6.45) is 5.93. The minimum absolute atomic E-state index is 0.0985. The van der Waals surface area contributed by atoms with Crippen LogP contribution in [0.15, 0.2) is 23.6 Å². The predicted molar refractivity (Wildman–Crippen MR) is 107 cm³/mol. The first-order valence-corrected chi connectivity index (χ1v) is 10.8. The third-order valence-electron chi connectivity index (χ3n) is 5.78. The maximum Gasteiger partial charge on any atom is 0.271 e. The van der Waals surface area contributed by atoms with E-state index in [1.807, 2.05) is 23.6 Å². The van der Waals surface area contributed by atoms with Gasteiger partial charge in [0.15, 0.2) is 5.69 Å². The van der Waals surface area contributed by atoms with Crippen molar-refractivity contribution in [1.82, 2.24) is 20.4 Å². The third kappa shape index (κ3) is 4.59. The number of ether oxygens (including phenoxy) is 1. The van der Waals surface area contributed by atoms with E-state index in [9.17, 15) is 4.79 Å². The van der Waals surface area contributed by atoms with Gasteiger partial charge in [-0.1, -0.05) is 12.5 Å². The van der Waals surface area contributed by atoms with Crippen molar-refractivity contribution in [2.24, 2.45) is 5.41 Å². The van der Waals surface area contributed by atoms with E-state index < -0.39 is 0 Å². The lowest BCUT2D eigenvalue weighted by Gasteiger charge is -2.42. The summed E-state index contributed by atoms with van der Waals surface area (Å²) in [7, 11) is 0. The van der Waals surface area contributed by atoms with E-state index in [2.05, 4.69) is 20.4 Å². The van der Waals surface area contributed by atoms with Gasteiger partial charge in [0.05, 0.1) is 10.6 Å². The standard InChI is InChI=1S/C20H28N4O2S/c25-19(17-13-16(22-23-17)18-5-4-12-27-18)21-14-20(6-10-26-11-7-20)15-24-8-2-1-3-9-24/h4-5,12-13H,1-3,6-11,14-15H2,(H,21,25)(H,22,23). The van der Waals surface area contributed by atoms with E-state index in [4.69, 9.17) is 4.74 Å². The Bertz CT molecular complexity index is 731. The zero-order valence-electron chi connectivity index (χ0n) is 15.7. The lowest BCUT2D eigenvalue weighted by molar-refractivity contribution is -0.00673. The number of carbonyl (C=O) groups excluding carboxylic acids is 1. The Labute approximate surface area is 164 Å². The molecule has 2 saturated heterocycles. The Morgan fingerprint density at radius 3 is 2.85 bits per heavy atom. The molecule has 0 unspecified atom stereocenters. The molecule has 0 saturated carbocycles. The Kier molecular flexibility index (Phi) is 5.90. The molecule has 2 aromatic rings. The second-order valence-electron chi connectivity index (χ2n) is 7.78. The van der Waals surface area contributed by atoms with Crippen LogP contribution < -0.4 is 5.32 Å². The fraction of sp³-hybridized carbons (Fsp3) is 0.600. The molecule has 2 fully saturated rings. The number of likely N-dealkylation sites (tertiary alicyclic amines) is 1. The van der Waals surface area contributed by atoms with Crippen LogP contribution in [0.5, 0.6) is 0 Å². The maximum atomic E-state index is 12.7. The van der Waals surface area contributed by atoms with Crippen molar-refractivity contribution in [2.45, 2.75) is 32.1 Å². The smallest absolute Gasteiger partial charge is 0.271 e. The van der Waals surface area contributed by atoms with Gasteiger partial charge in [-0.25, -0.2) is 0 Å². The van der Waals surface area contributed by atoms with Gasteiger partial charge < -0.3 is 15.0 Å². The molecule has 2 aliphatic heterocycles. The van der Waals surface area contributed by atoms with Crippen LogP contribution in [0.3, 0.4) is 0 Å². The van der Waals surface area contributed by atoms with Crippen LogP contribution in [0.1, 0.15) is 42.6 Å². The fourth-order valence-corrected chi connectivity index (χ4v) is 4.83. The molecular weight excluding hydrogens is 360 g/mol.